The zero-order chi connectivity index (χ0) is 12.9. The smallest absolute Gasteiger partial charge is 0.349 e. The highest BCUT2D eigenvalue weighted by Gasteiger charge is 2.09. The lowest BCUT2D eigenvalue weighted by atomic mass is 10.6. The van der Waals surface area contributed by atoms with Crippen molar-refractivity contribution in [3.63, 3.8) is 0 Å². The van der Waals surface area contributed by atoms with Gasteiger partial charge in [0.25, 0.3) is 0 Å². The summed E-state index contributed by atoms with van der Waals surface area (Å²) in [7, 11) is -1.88. The van der Waals surface area contributed by atoms with E-state index in [0.29, 0.717) is 16.6 Å². The summed E-state index contributed by atoms with van der Waals surface area (Å²) >= 11 is 1.15. The molecule has 1 rings (SSSR count). The number of thiazole rings is 1. The second kappa shape index (κ2) is 5.94. The molecule has 1 heterocycles. The van der Waals surface area contributed by atoms with Crippen LogP contribution < -0.4 is 10.0 Å². The first-order chi connectivity index (χ1) is 7.92. The fraction of sp³-hybridized carbons (Fsp3) is 0.500. The van der Waals surface area contributed by atoms with E-state index in [2.05, 4.69) is 19.8 Å². The normalized spacial score (nSPS) is 11.2. The third kappa shape index (κ3) is 5.11. The van der Waals surface area contributed by atoms with Crippen LogP contribution in [0.4, 0.5) is 5.13 Å². The predicted octanol–water partition coefficient (Wildman–Crippen LogP) is -0.109. The van der Waals surface area contributed by atoms with Gasteiger partial charge in [-0.1, -0.05) is 11.3 Å². The van der Waals surface area contributed by atoms with Crippen molar-refractivity contribution in [3.05, 3.63) is 11.1 Å². The van der Waals surface area contributed by atoms with Gasteiger partial charge in [0, 0.05) is 13.1 Å². The maximum absolute atomic E-state index is 11.1. The third-order valence-corrected chi connectivity index (χ3v) is 3.32. The summed E-state index contributed by atoms with van der Waals surface area (Å²) in [6, 6.07) is 0. The monoisotopic (exact) mass is 279 g/mol. The van der Waals surface area contributed by atoms with Crippen LogP contribution >= 0.6 is 11.3 Å². The second-order valence-corrected chi connectivity index (χ2v) is 5.98. The van der Waals surface area contributed by atoms with Gasteiger partial charge < -0.3 is 10.1 Å². The van der Waals surface area contributed by atoms with Crippen LogP contribution in [0.15, 0.2) is 6.20 Å². The number of nitrogens with zero attached hydrogens (tertiary/aromatic N) is 1. The van der Waals surface area contributed by atoms with Crippen LogP contribution in [-0.4, -0.2) is 45.8 Å². The van der Waals surface area contributed by atoms with Gasteiger partial charge in [0.05, 0.1) is 19.6 Å². The first-order valence-electron chi connectivity index (χ1n) is 4.65. The van der Waals surface area contributed by atoms with E-state index in [0.717, 1.165) is 17.6 Å². The molecule has 0 fully saturated rings. The van der Waals surface area contributed by atoms with Crippen molar-refractivity contribution in [2.24, 2.45) is 0 Å². The van der Waals surface area contributed by atoms with Gasteiger partial charge in [-0.3, -0.25) is 0 Å². The number of aromatic nitrogens is 1. The predicted molar refractivity (Wildman–Crippen MR) is 64.8 cm³/mol. The molecule has 0 aromatic carbocycles. The zero-order valence-corrected chi connectivity index (χ0v) is 11.0. The van der Waals surface area contributed by atoms with E-state index < -0.39 is 16.0 Å². The minimum absolute atomic E-state index is 0.256. The number of anilines is 1. The first kappa shape index (κ1) is 13.9. The Kier molecular flexibility index (Phi) is 4.85. The van der Waals surface area contributed by atoms with Crippen molar-refractivity contribution in [2.75, 3.05) is 31.8 Å². The molecular weight excluding hydrogens is 266 g/mol. The molecule has 2 N–H and O–H groups in total. The Labute approximate surface area is 103 Å². The van der Waals surface area contributed by atoms with Crippen molar-refractivity contribution in [2.45, 2.75) is 0 Å². The lowest BCUT2D eigenvalue weighted by molar-refractivity contribution is 0.0606. The Balaban J connectivity index is 2.38. The van der Waals surface area contributed by atoms with E-state index in [1.807, 2.05) is 0 Å². The number of hydrogen-bond acceptors (Lipinski definition) is 7. The lowest BCUT2D eigenvalue weighted by Crippen LogP contribution is -2.27. The molecule has 0 aliphatic rings. The summed E-state index contributed by atoms with van der Waals surface area (Å²) in [5.41, 5.74) is 0. The molecule has 0 bridgehead atoms. The topological polar surface area (TPSA) is 97.4 Å². The van der Waals surface area contributed by atoms with Crippen molar-refractivity contribution in [1.29, 1.82) is 0 Å². The Hall–Kier alpha value is -1.19. The molecule has 0 aliphatic heterocycles. The fourth-order valence-electron chi connectivity index (χ4n) is 0.957. The van der Waals surface area contributed by atoms with Crippen molar-refractivity contribution in [3.8, 4) is 0 Å². The number of sulfonamides is 1. The lowest BCUT2D eigenvalue weighted by Gasteiger charge is -2.02. The average molecular weight is 279 g/mol. The number of hydrogen-bond donors (Lipinski definition) is 2. The first-order valence-corrected chi connectivity index (χ1v) is 7.36. The third-order valence-electron chi connectivity index (χ3n) is 1.66. The number of carbonyl (C=O) groups excluding carboxylic acids is 1. The van der Waals surface area contributed by atoms with Gasteiger partial charge in [-0.05, 0) is 0 Å². The van der Waals surface area contributed by atoms with E-state index in [1.54, 1.807) is 0 Å². The van der Waals surface area contributed by atoms with Crippen LogP contribution in [-0.2, 0) is 14.8 Å². The molecule has 0 saturated heterocycles. The highest BCUT2D eigenvalue weighted by Crippen LogP contribution is 2.18. The summed E-state index contributed by atoms with van der Waals surface area (Å²) in [6.45, 7) is 0.646. The number of rotatable bonds is 6. The van der Waals surface area contributed by atoms with Crippen LogP contribution in [0.5, 0.6) is 0 Å². The highest BCUT2D eigenvalue weighted by molar-refractivity contribution is 7.88. The van der Waals surface area contributed by atoms with E-state index in [4.69, 9.17) is 0 Å². The Bertz CT molecular complexity index is 483. The molecule has 7 nitrogen and oxygen atoms in total. The van der Waals surface area contributed by atoms with Gasteiger partial charge in [0.15, 0.2) is 5.13 Å². The highest BCUT2D eigenvalue weighted by atomic mass is 32.2. The second-order valence-electron chi connectivity index (χ2n) is 3.11. The molecule has 9 heteroatoms. The van der Waals surface area contributed by atoms with E-state index >= 15 is 0 Å². The van der Waals surface area contributed by atoms with Gasteiger partial charge in [-0.25, -0.2) is 22.9 Å². The largest absolute Gasteiger partial charge is 0.465 e. The van der Waals surface area contributed by atoms with Crippen LogP contribution in [0.1, 0.15) is 9.67 Å². The minimum Gasteiger partial charge on any atom is -0.465 e. The van der Waals surface area contributed by atoms with Crippen LogP contribution in [0, 0.1) is 0 Å². The Morgan fingerprint density at radius 3 is 2.82 bits per heavy atom. The SMILES string of the molecule is COC(=O)c1cnc(NCCNS(C)(=O)=O)s1. The zero-order valence-electron chi connectivity index (χ0n) is 9.39. The molecule has 0 saturated carbocycles. The van der Waals surface area contributed by atoms with Gasteiger partial charge in [-0.2, -0.15) is 0 Å². The molecule has 96 valence electrons. The maximum Gasteiger partial charge on any atom is 0.349 e. The number of ether oxygens (including phenoxy) is 1. The quantitative estimate of drug-likeness (QED) is 0.557. The molecule has 0 spiro atoms. The number of nitrogens with one attached hydrogen (secondary N) is 2. The van der Waals surface area contributed by atoms with Crippen LogP contribution in [0.3, 0.4) is 0 Å². The molecular formula is C8H13N3O4S2. The minimum atomic E-state index is -3.17. The average Bonchev–Trinajstić information content (AvgIpc) is 2.70. The molecule has 1 aromatic heterocycles. The Morgan fingerprint density at radius 2 is 2.24 bits per heavy atom. The van der Waals surface area contributed by atoms with Crippen molar-refractivity contribution < 1.29 is 17.9 Å². The van der Waals surface area contributed by atoms with Gasteiger partial charge >= 0.3 is 5.97 Å². The molecule has 0 atom stereocenters. The number of esters is 1. The maximum atomic E-state index is 11.1. The van der Waals surface area contributed by atoms with Crippen molar-refractivity contribution >= 4 is 32.5 Å². The summed E-state index contributed by atoms with van der Waals surface area (Å²) < 4.78 is 28.4. The van der Waals surface area contributed by atoms with Gasteiger partial charge in [-0.15, -0.1) is 0 Å². The molecule has 17 heavy (non-hydrogen) atoms. The van der Waals surface area contributed by atoms with Gasteiger partial charge in [0.2, 0.25) is 10.0 Å². The van der Waals surface area contributed by atoms with Gasteiger partial charge in [0.1, 0.15) is 4.88 Å². The summed E-state index contributed by atoms with van der Waals surface area (Å²) in [5, 5.41) is 3.43. The molecule has 0 aliphatic carbocycles. The van der Waals surface area contributed by atoms with E-state index in [-0.39, 0.29) is 6.54 Å². The summed E-state index contributed by atoms with van der Waals surface area (Å²) in [5.74, 6) is -0.440. The number of carbonyl (C=O) groups is 1. The van der Waals surface area contributed by atoms with Crippen LogP contribution in [0.2, 0.25) is 0 Å². The molecule has 0 radical (unpaired) electrons. The standard InChI is InChI=1S/C8H13N3O4S2/c1-15-7(12)6-5-10-8(16-6)9-3-4-11-17(2,13)14/h5,11H,3-4H2,1-2H3,(H,9,10). The fourth-order valence-corrected chi connectivity index (χ4v) is 2.19. The molecule has 1 aromatic rings. The van der Waals surface area contributed by atoms with Crippen molar-refractivity contribution in [1.82, 2.24) is 9.71 Å². The van der Waals surface area contributed by atoms with E-state index in [1.165, 1.54) is 13.3 Å². The van der Waals surface area contributed by atoms with E-state index in [9.17, 15) is 13.2 Å². The molecule has 0 amide bonds. The number of methoxy groups -OCH3 is 1. The van der Waals surface area contributed by atoms with Crippen LogP contribution in [0.25, 0.3) is 0 Å². The summed E-state index contributed by atoms with van der Waals surface area (Å²) in [4.78, 5) is 15.5. The summed E-state index contributed by atoms with van der Waals surface area (Å²) in [6.07, 6.45) is 2.49. The Morgan fingerprint density at radius 1 is 1.53 bits per heavy atom. The molecule has 0 unspecified atom stereocenters.